The standard InChI is InChI=1S/C14H17ClN2O4/c1-14(2)8-20-17(12(14)18)7-9-6-10(4-5-11(9)15)21-13(19)16-3/h4-6H,7-8H2,1-3H3,(H,16,19). The van der Waals surface area contributed by atoms with Gasteiger partial charge in [0, 0.05) is 12.1 Å². The molecule has 1 saturated heterocycles. The van der Waals surface area contributed by atoms with Gasteiger partial charge >= 0.3 is 6.09 Å². The third kappa shape index (κ3) is 3.46. The zero-order chi connectivity index (χ0) is 15.6. The molecule has 0 saturated carbocycles. The SMILES string of the molecule is CNC(=O)Oc1ccc(Cl)c(CN2OCC(C)(C)C2=O)c1. The van der Waals surface area contributed by atoms with E-state index in [2.05, 4.69) is 5.32 Å². The van der Waals surface area contributed by atoms with E-state index in [-0.39, 0.29) is 12.5 Å². The van der Waals surface area contributed by atoms with Crippen LogP contribution in [0.25, 0.3) is 0 Å². The molecule has 114 valence electrons. The van der Waals surface area contributed by atoms with Crippen LogP contribution in [0.15, 0.2) is 18.2 Å². The monoisotopic (exact) mass is 312 g/mol. The number of amides is 2. The van der Waals surface area contributed by atoms with E-state index in [9.17, 15) is 9.59 Å². The maximum Gasteiger partial charge on any atom is 0.412 e. The van der Waals surface area contributed by atoms with Crippen molar-refractivity contribution in [1.29, 1.82) is 0 Å². The van der Waals surface area contributed by atoms with Gasteiger partial charge in [-0.1, -0.05) is 11.6 Å². The Bertz CT molecular complexity index is 574. The number of rotatable bonds is 3. The minimum Gasteiger partial charge on any atom is -0.410 e. The van der Waals surface area contributed by atoms with Gasteiger partial charge in [0.25, 0.3) is 5.91 Å². The van der Waals surface area contributed by atoms with Gasteiger partial charge in [0.2, 0.25) is 0 Å². The highest BCUT2D eigenvalue weighted by atomic mass is 35.5. The first-order valence-electron chi connectivity index (χ1n) is 6.46. The summed E-state index contributed by atoms with van der Waals surface area (Å²) >= 11 is 6.11. The van der Waals surface area contributed by atoms with E-state index in [1.54, 1.807) is 18.2 Å². The van der Waals surface area contributed by atoms with Gasteiger partial charge in [0.1, 0.15) is 5.75 Å². The Labute approximate surface area is 127 Å². The molecule has 0 aromatic heterocycles. The van der Waals surface area contributed by atoms with Crippen LogP contribution in [0.5, 0.6) is 5.75 Å². The maximum atomic E-state index is 12.1. The molecule has 7 heteroatoms. The topological polar surface area (TPSA) is 67.9 Å². The Morgan fingerprint density at radius 2 is 2.24 bits per heavy atom. The van der Waals surface area contributed by atoms with Crippen molar-refractivity contribution in [1.82, 2.24) is 10.4 Å². The highest BCUT2D eigenvalue weighted by molar-refractivity contribution is 6.31. The summed E-state index contributed by atoms with van der Waals surface area (Å²) in [5.41, 5.74) is 0.104. The van der Waals surface area contributed by atoms with Crippen LogP contribution in [0.1, 0.15) is 19.4 Å². The van der Waals surface area contributed by atoms with Gasteiger partial charge in [-0.05, 0) is 37.6 Å². The molecule has 0 unspecified atom stereocenters. The molecule has 1 N–H and O–H groups in total. The molecule has 1 aliphatic heterocycles. The van der Waals surface area contributed by atoms with Crippen LogP contribution in [0.4, 0.5) is 4.79 Å². The smallest absolute Gasteiger partial charge is 0.410 e. The Morgan fingerprint density at radius 3 is 2.81 bits per heavy atom. The summed E-state index contributed by atoms with van der Waals surface area (Å²) in [6, 6.07) is 4.80. The van der Waals surface area contributed by atoms with Crippen molar-refractivity contribution in [3.63, 3.8) is 0 Å². The van der Waals surface area contributed by atoms with E-state index in [1.165, 1.54) is 12.1 Å². The molecule has 1 aromatic rings. The summed E-state index contributed by atoms with van der Waals surface area (Å²) in [5, 5.41) is 4.11. The van der Waals surface area contributed by atoms with E-state index >= 15 is 0 Å². The van der Waals surface area contributed by atoms with Crippen molar-refractivity contribution in [2.75, 3.05) is 13.7 Å². The number of benzene rings is 1. The maximum absolute atomic E-state index is 12.1. The lowest BCUT2D eigenvalue weighted by Gasteiger charge is -2.17. The lowest BCUT2D eigenvalue weighted by atomic mass is 9.95. The predicted molar refractivity (Wildman–Crippen MR) is 76.8 cm³/mol. The summed E-state index contributed by atoms with van der Waals surface area (Å²) in [6.45, 7) is 4.17. The van der Waals surface area contributed by atoms with Gasteiger partial charge in [-0.3, -0.25) is 9.63 Å². The van der Waals surface area contributed by atoms with Crippen molar-refractivity contribution in [2.24, 2.45) is 5.41 Å². The summed E-state index contributed by atoms with van der Waals surface area (Å²) in [4.78, 5) is 28.7. The van der Waals surface area contributed by atoms with Gasteiger partial charge in [-0.2, -0.15) is 0 Å². The summed E-state index contributed by atoms with van der Waals surface area (Å²) in [7, 11) is 1.47. The summed E-state index contributed by atoms with van der Waals surface area (Å²) in [5.74, 6) is 0.246. The molecule has 0 bridgehead atoms. The van der Waals surface area contributed by atoms with Crippen molar-refractivity contribution in [3.05, 3.63) is 28.8 Å². The molecule has 2 rings (SSSR count). The van der Waals surface area contributed by atoms with Crippen LogP contribution in [-0.4, -0.2) is 30.7 Å². The number of hydrogen-bond donors (Lipinski definition) is 1. The zero-order valence-corrected chi connectivity index (χ0v) is 12.9. The van der Waals surface area contributed by atoms with E-state index in [0.29, 0.717) is 22.9 Å². The molecule has 21 heavy (non-hydrogen) atoms. The number of carbonyl (C=O) groups is 2. The molecule has 0 atom stereocenters. The molecule has 1 heterocycles. The van der Waals surface area contributed by atoms with Crippen LogP contribution < -0.4 is 10.1 Å². The number of hydrogen-bond acceptors (Lipinski definition) is 4. The predicted octanol–water partition coefficient (Wildman–Crippen LogP) is 2.36. The lowest BCUT2D eigenvalue weighted by molar-refractivity contribution is -0.165. The summed E-state index contributed by atoms with van der Waals surface area (Å²) in [6.07, 6.45) is -0.571. The van der Waals surface area contributed by atoms with Crippen molar-refractivity contribution < 1.29 is 19.2 Å². The van der Waals surface area contributed by atoms with Gasteiger partial charge in [-0.25, -0.2) is 9.86 Å². The molecule has 2 amide bonds. The second-order valence-electron chi connectivity index (χ2n) is 5.39. The van der Waals surface area contributed by atoms with E-state index < -0.39 is 11.5 Å². The van der Waals surface area contributed by atoms with Gasteiger partial charge < -0.3 is 10.1 Å². The molecule has 0 spiro atoms. The van der Waals surface area contributed by atoms with Gasteiger partial charge in [-0.15, -0.1) is 0 Å². The van der Waals surface area contributed by atoms with Crippen LogP contribution in [0.2, 0.25) is 5.02 Å². The third-order valence-corrected chi connectivity index (χ3v) is 3.50. The Kier molecular flexibility index (Phi) is 4.39. The molecule has 1 aromatic carbocycles. The zero-order valence-electron chi connectivity index (χ0n) is 12.1. The fourth-order valence-corrected chi connectivity index (χ4v) is 2.04. The van der Waals surface area contributed by atoms with Crippen LogP contribution in [0.3, 0.4) is 0 Å². The highest BCUT2D eigenvalue weighted by Gasteiger charge is 2.40. The number of carbonyl (C=O) groups excluding carboxylic acids is 2. The van der Waals surface area contributed by atoms with Crippen molar-refractivity contribution >= 4 is 23.6 Å². The first-order valence-corrected chi connectivity index (χ1v) is 6.84. The first-order chi connectivity index (χ1) is 9.83. The molecule has 6 nitrogen and oxygen atoms in total. The van der Waals surface area contributed by atoms with Gasteiger partial charge in [0.05, 0.1) is 18.6 Å². The van der Waals surface area contributed by atoms with Crippen molar-refractivity contribution in [3.8, 4) is 5.75 Å². The number of nitrogens with zero attached hydrogens (tertiary/aromatic N) is 1. The Hall–Kier alpha value is -1.79. The van der Waals surface area contributed by atoms with E-state index in [0.717, 1.165) is 0 Å². The number of hydroxylamine groups is 2. The van der Waals surface area contributed by atoms with E-state index in [4.69, 9.17) is 21.2 Å². The number of nitrogens with one attached hydrogen (secondary N) is 1. The lowest BCUT2D eigenvalue weighted by Crippen LogP contribution is -2.30. The fourth-order valence-electron chi connectivity index (χ4n) is 1.86. The average molecular weight is 313 g/mol. The largest absolute Gasteiger partial charge is 0.412 e. The fraction of sp³-hybridized carbons (Fsp3) is 0.429. The van der Waals surface area contributed by atoms with Crippen molar-refractivity contribution in [2.45, 2.75) is 20.4 Å². The first kappa shape index (κ1) is 15.6. The molecule has 1 fully saturated rings. The minimum atomic E-state index is -0.571. The number of ether oxygens (including phenoxy) is 1. The second kappa shape index (κ2) is 5.91. The van der Waals surface area contributed by atoms with Gasteiger partial charge in [0.15, 0.2) is 0 Å². The minimum absolute atomic E-state index is 0.101. The molecule has 1 aliphatic rings. The average Bonchev–Trinajstić information content (AvgIpc) is 2.69. The van der Waals surface area contributed by atoms with Crippen LogP contribution >= 0.6 is 11.6 Å². The normalized spacial score (nSPS) is 17.0. The Morgan fingerprint density at radius 1 is 1.52 bits per heavy atom. The molecule has 0 aliphatic carbocycles. The quantitative estimate of drug-likeness (QED) is 0.930. The third-order valence-electron chi connectivity index (χ3n) is 3.13. The molecule has 0 radical (unpaired) electrons. The van der Waals surface area contributed by atoms with E-state index in [1.807, 2.05) is 13.8 Å². The number of halogens is 1. The molecular weight excluding hydrogens is 296 g/mol. The highest BCUT2D eigenvalue weighted by Crippen LogP contribution is 2.30. The molecular formula is C14H17ClN2O4. The van der Waals surface area contributed by atoms with Crippen LogP contribution in [-0.2, 0) is 16.2 Å². The summed E-state index contributed by atoms with van der Waals surface area (Å²) < 4.78 is 5.04. The Balaban J connectivity index is 2.15. The second-order valence-corrected chi connectivity index (χ2v) is 5.80. The van der Waals surface area contributed by atoms with Crippen LogP contribution in [0, 0.1) is 5.41 Å².